The number of ether oxygens (including phenoxy) is 3. The molecular weight excluding hydrogens is 947 g/mol. The summed E-state index contributed by atoms with van der Waals surface area (Å²) in [5.74, 6) is -5.77. The van der Waals surface area contributed by atoms with Gasteiger partial charge in [0.2, 0.25) is 23.6 Å². The molecular formula is C51H62F2N4O13S. The van der Waals surface area contributed by atoms with Crippen molar-refractivity contribution >= 4 is 58.6 Å². The van der Waals surface area contributed by atoms with Gasteiger partial charge in [0.05, 0.1) is 36.7 Å². The van der Waals surface area contributed by atoms with Crippen LogP contribution in [0.2, 0.25) is 0 Å². The Morgan fingerprint density at radius 3 is 2.32 bits per heavy atom. The lowest BCUT2D eigenvalue weighted by Gasteiger charge is -2.63. The third kappa shape index (κ3) is 9.41. The van der Waals surface area contributed by atoms with Crippen LogP contribution in [0, 0.1) is 22.7 Å². The highest BCUT2D eigenvalue weighted by atomic mass is 32.2. The SMILES string of the molecule is COc1cc(Cc2ccc([C@@H]3O[C@@H]4C[C@H]5[C@@H]6C[C@H](F)C7=CC(=O)C=C[C@]7(C)[C@@]6(F)[C@@H](O)C[C@]5(C)[C@]4(C(=O)CO)O3)cc2)ccc1N(C)C(=O)[C@H](C)NC(=O)[C@H](C)NC(=O)CCNC(=O)C(CC(=O)O)SC. The number of amides is 4. The summed E-state index contributed by atoms with van der Waals surface area (Å²) in [5.41, 5.74) is -4.33. The van der Waals surface area contributed by atoms with E-state index in [1.165, 1.54) is 52.0 Å². The van der Waals surface area contributed by atoms with Crippen molar-refractivity contribution in [2.75, 3.05) is 38.5 Å². The lowest BCUT2D eigenvalue weighted by Crippen LogP contribution is -2.70. The number of ketones is 2. The highest BCUT2D eigenvalue weighted by Crippen LogP contribution is 2.72. The van der Waals surface area contributed by atoms with Crippen LogP contribution >= 0.6 is 11.8 Å². The number of hydrogen-bond donors (Lipinski definition) is 6. The molecule has 4 fully saturated rings. The molecule has 1 saturated heterocycles. The molecule has 1 aliphatic heterocycles. The summed E-state index contributed by atoms with van der Waals surface area (Å²) in [6.45, 7) is 5.22. The van der Waals surface area contributed by atoms with Gasteiger partial charge in [-0.25, -0.2) is 8.78 Å². The number of thioether (sulfide) groups is 1. The second-order valence-electron chi connectivity index (χ2n) is 19.7. The predicted molar refractivity (Wildman–Crippen MR) is 256 cm³/mol. The number of halogens is 2. The zero-order valence-electron chi connectivity index (χ0n) is 40.7. The second-order valence-corrected chi connectivity index (χ2v) is 20.7. The average molecular weight is 1010 g/mol. The summed E-state index contributed by atoms with van der Waals surface area (Å²) in [7, 11) is 2.99. The second kappa shape index (κ2) is 20.5. The molecule has 13 atom stereocenters. The van der Waals surface area contributed by atoms with Crippen LogP contribution < -0.4 is 25.6 Å². The fourth-order valence-corrected chi connectivity index (χ4v) is 12.5. The molecule has 0 aromatic heterocycles. The van der Waals surface area contributed by atoms with Crippen LogP contribution in [0.5, 0.6) is 5.75 Å². The van der Waals surface area contributed by atoms with E-state index in [-0.39, 0.29) is 44.2 Å². The summed E-state index contributed by atoms with van der Waals surface area (Å²) in [5, 5.41) is 38.0. The minimum atomic E-state index is -2.36. The van der Waals surface area contributed by atoms with Gasteiger partial charge in [-0.15, -0.1) is 0 Å². The molecule has 4 aliphatic carbocycles. The number of fused-ring (bicyclic) bond motifs is 7. The number of nitrogens with zero attached hydrogens (tertiary/aromatic N) is 1. The zero-order valence-corrected chi connectivity index (χ0v) is 41.5. The first-order valence-corrected chi connectivity index (χ1v) is 24.9. The Bertz CT molecular complexity index is 2530. The summed E-state index contributed by atoms with van der Waals surface area (Å²) in [6.07, 6.45) is -0.576. The Kier molecular flexibility index (Phi) is 15.4. The van der Waals surface area contributed by atoms with Crippen molar-refractivity contribution in [3.05, 3.63) is 83.0 Å². The van der Waals surface area contributed by atoms with Crippen LogP contribution in [0.15, 0.2) is 66.3 Å². The molecule has 7 rings (SSSR count). The molecule has 17 nitrogen and oxygen atoms in total. The topological polar surface area (TPSA) is 247 Å². The van der Waals surface area contributed by atoms with Crippen LogP contribution in [0.25, 0.3) is 0 Å². The molecule has 20 heteroatoms. The zero-order chi connectivity index (χ0) is 52.0. The number of hydrogen-bond acceptors (Lipinski definition) is 13. The van der Waals surface area contributed by atoms with E-state index in [2.05, 4.69) is 16.0 Å². The van der Waals surface area contributed by atoms with Crippen LogP contribution in [0.3, 0.4) is 0 Å². The number of likely N-dealkylation sites (N-methyl/N-ethyl adjacent to an activating group) is 1. The van der Waals surface area contributed by atoms with Crippen molar-refractivity contribution in [2.24, 2.45) is 22.7 Å². The highest BCUT2D eigenvalue weighted by molar-refractivity contribution is 7.99. The number of carboxylic acids is 1. The number of alkyl halides is 2. The number of rotatable bonds is 18. The Morgan fingerprint density at radius 2 is 1.68 bits per heavy atom. The first-order chi connectivity index (χ1) is 33.5. The molecule has 2 aromatic rings. The Balaban J connectivity index is 0.963. The molecule has 1 unspecified atom stereocenters. The number of methoxy groups -OCH3 is 1. The maximum absolute atomic E-state index is 17.8. The van der Waals surface area contributed by atoms with E-state index >= 15 is 8.78 Å². The van der Waals surface area contributed by atoms with E-state index in [0.717, 1.165) is 29.0 Å². The molecule has 384 valence electrons. The van der Waals surface area contributed by atoms with Crippen LogP contribution in [-0.2, 0) is 49.5 Å². The molecule has 4 amide bonds. The minimum Gasteiger partial charge on any atom is -0.495 e. The maximum Gasteiger partial charge on any atom is 0.305 e. The van der Waals surface area contributed by atoms with Crippen LogP contribution in [0.1, 0.15) is 82.8 Å². The van der Waals surface area contributed by atoms with E-state index < -0.39 is 124 Å². The minimum absolute atomic E-state index is 0.00680. The number of Topliss-reactive ketones (excluding diaryl/α,β-unsaturated/α-hetero) is 1. The van der Waals surface area contributed by atoms with Gasteiger partial charge in [-0.1, -0.05) is 43.3 Å². The van der Waals surface area contributed by atoms with Gasteiger partial charge in [0.15, 0.2) is 29.1 Å². The molecule has 0 spiro atoms. The average Bonchev–Trinajstić information content (AvgIpc) is 3.84. The third-order valence-electron chi connectivity index (χ3n) is 15.6. The van der Waals surface area contributed by atoms with Crippen LogP contribution in [0.4, 0.5) is 14.5 Å². The van der Waals surface area contributed by atoms with Crippen molar-refractivity contribution in [3.8, 4) is 5.75 Å². The number of aliphatic hydroxyl groups is 2. The lowest BCUT2D eigenvalue weighted by atomic mass is 9.44. The van der Waals surface area contributed by atoms with E-state index in [0.29, 0.717) is 23.4 Å². The van der Waals surface area contributed by atoms with Gasteiger partial charge in [0, 0.05) is 42.3 Å². The van der Waals surface area contributed by atoms with Gasteiger partial charge in [-0.05, 0) is 99.6 Å². The smallest absolute Gasteiger partial charge is 0.305 e. The lowest BCUT2D eigenvalue weighted by molar-refractivity contribution is -0.235. The highest BCUT2D eigenvalue weighted by Gasteiger charge is 2.80. The Morgan fingerprint density at radius 1 is 0.986 bits per heavy atom. The standard InChI is InChI=1S/C51H62F2N4O13S/c1-26(55-42(62)15-17-54-45(66)38(71-7)23-43(63)64)44(65)56-27(2)46(67)57(5)36-13-10-29(19-37(36)68-6)18-28-8-11-30(12-9-28)47-69-41-22-32-33-21-35(52)34-20-31(59)14-16-48(34,3)50(33,53)39(60)24-49(32,4)51(41,70-47)40(61)25-58/h8-14,16,19-20,26-27,32-33,35,38-39,41,47,58,60H,15,17-18,21-25H2,1-7H3,(H,54,66)(H,55,62)(H,56,65)(H,63,64)/t26-,27-,32-,33-,35-,38?,39-,41+,47+,48-,49-,50-,51+/m0/s1. The van der Waals surface area contributed by atoms with Crippen molar-refractivity contribution in [1.29, 1.82) is 0 Å². The van der Waals surface area contributed by atoms with E-state index in [9.17, 15) is 43.8 Å². The van der Waals surface area contributed by atoms with E-state index in [1.54, 1.807) is 37.4 Å². The first kappa shape index (κ1) is 53.3. The Labute approximate surface area is 414 Å². The normalized spacial score (nSPS) is 31.6. The van der Waals surface area contributed by atoms with Gasteiger partial charge in [-0.2, -0.15) is 11.8 Å². The fraction of sp³-hybridized carbons (Fsp3) is 0.549. The number of nitrogens with one attached hydrogen (secondary N) is 3. The van der Waals surface area contributed by atoms with Gasteiger partial charge in [0.1, 0.15) is 30.6 Å². The first-order valence-electron chi connectivity index (χ1n) is 23.6. The van der Waals surface area contributed by atoms with Crippen molar-refractivity contribution < 1.29 is 71.9 Å². The van der Waals surface area contributed by atoms with Crippen molar-refractivity contribution in [2.45, 2.75) is 119 Å². The van der Waals surface area contributed by atoms with Crippen molar-refractivity contribution in [1.82, 2.24) is 16.0 Å². The molecule has 0 radical (unpaired) electrons. The molecule has 3 saturated carbocycles. The van der Waals surface area contributed by atoms with Gasteiger partial charge in [0.25, 0.3) is 0 Å². The van der Waals surface area contributed by atoms with E-state index in [4.69, 9.17) is 19.3 Å². The molecule has 71 heavy (non-hydrogen) atoms. The predicted octanol–water partition coefficient (Wildman–Crippen LogP) is 3.61. The molecule has 0 bridgehead atoms. The molecule has 2 aromatic carbocycles. The number of allylic oxidation sites excluding steroid dienone is 4. The number of aliphatic hydroxyl groups excluding tert-OH is 2. The number of carboxylic acid groups (broad SMARTS) is 1. The summed E-state index contributed by atoms with van der Waals surface area (Å²) >= 11 is 1.08. The van der Waals surface area contributed by atoms with Crippen LogP contribution in [-0.4, -0.2) is 137 Å². The molecule has 6 N–H and O–H groups in total. The number of carbonyl (C=O) groups is 7. The summed E-state index contributed by atoms with van der Waals surface area (Å²) in [4.78, 5) is 89.8. The number of benzene rings is 2. The van der Waals surface area contributed by atoms with Crippen molar-refractivity contribution in [3.63, 3.8) is 0 Å². The monoisotopic (exact) mass is 1010 g/mol. The Hall–Kier alpha value is -5.54. The summed E-state index contributed by atoms with van der Waals surface area (Å²) in [6, 6.07) is 10.6. The number of aliphatic carboxylic acids is 1. The van der Waals surface area contributed by atoms with Gasteiger partial charge in [-0.3, -0.25) is 33.6 Å². The van der Waals surface area contributed by atoms with Gasteiger partial charge < -0.3 is 50.4 Å². The van der Waals surface area contributed by atoms with E-state index in [1.807, 2.05) is 18.2 Å². The number of anilines is 1. The largest absolute Gasteiger partial charge is 0.495 e. The molecule has 1 heterocycles. The fourth-order valence-electron chi connectivity index (χ4n) is 11.9. The summed E-state index contributed by atoms with van der Waals surface area (Å²) < 4.78 is 52.6. The molecule has 5 aliphatic rings. The number of carbonyl (C=O) groups excluding carboxylic acids is 6. The van der Waals surface area contributed by atoms with Gasteiger partial charge >= 0.3 is 5.97 Å². The quantitative estimate of drug-likeness (QED) is 0.125. The maximum atomic E-state index is 17.8. The third-order valence-corrected chi connectivity index (χ3v) is 16.6.